The van der Waals surface area contributed by atoms with E-state index in [2.05, 4.69) is 0 Å². The van der Waals surface area contributed by atoms with Crippen LogP contribution < -0.4 is 5.56 Å². The summed E-state index contributed by atoms with van der Waals surface area (Å²) >= 11 is 0. The second-order valence-corrected chi connectivity index (χ2v) is 8.77. The lowest BCUT2D eigenvalue weighted by atomic mass is 9.81. The molecule has 7 nitrogen and oxygen atoms in total. The van der Waals surface area contributed by atoms with Crippen LogP contribution in [0.2, 0.25) is 0 Å². The fourth-order valence-corrected chi connectivity index (χ4v) is 4.45. The molecule has 2 heterocycles. The number of nitrogens with zero attached hydrogens (tertiary/aromatic N) is 3. The Balaban J connectivity index is 1.65. The highest BCUT2D eigenvalue weighted by Crippen LogP contribution is 2.31. The third-order valence-electron chi connectivity index (χ3n) is 6.35. The van der Waals surface area contributed by atoms with Crippen molar-refractivity contribution in [3.63, 3.8) is 0 Å². The van der Waals surface area contributed by atoms with E-state index in [0.717, 1.165) is 16.7 Å². The minimum atomic E-state index is -0.376. The van der Waals surface area contributed by atoms with Crippen molar-refractivity contribution in [1.29, 1.82) is 0 Å². The molecule has 1 N–H and O–H groups in total. The fraction of sp³-hybridized carbons (Fsp3) is 0.458. The van der Waals surface area contributed by atoms with Crippen LogP contribution in [0, 0.1) is 5.92 Å². The summed E-state index contributed by atoms with van der Waals surface area (Å²) in [5, 5.41) is 9.54. The Morgan fingerprint density at radius 2 is 1.87 bits per heavy atom. The fourth-order valence-electron chi connectivity index (χ4n) is 4.45. The molecular weight excluding hydrogens is 394 g/mol. The summed E-state index contributed by atoms with van der Waals surface area (Å²) in [6.45, 7) is 1.34. The van der Waals surface area contributed by atoms with E-state index in [-0.39, 0.29) is 35.0 Å². The molecule has 0 atom stereocenters. The van der Waals surface area contributed by atoms with Gasteiger partial charge in [-0.3, -0.25) is 14.4 Å². The zero-order valence-electron chi connectivity index (χ0n) is 18.1. The summed E-state index contributed by atoms with van der Waals surface area (Å²) in [4.78, 5) is 42.1. The first-order chi connectivity index (χ1) is 14.8. The first-order valence-corrected chi connectivity index (χ1v) is 10.8. The Labute approximate surface area is 181 Å². The van der Waals surface area contributed by atoms with Crippen LogP contribution in [0.25, 0.3) is 0 Å². The van der Waals surface area contributed by atoms with Crippen LogP contribution in [-0.2, 0) is 30.7 Å². The summed E-state index contributed by atoms with van der Waals surface area (Å²) in [5.41, 5.74) is 2.69. The minimum absolute atomic E-state index is 0.0541. The van der Waals surface area contributed by atoms with Crippen LogP contribution in [0.15, 0.2) is 41.3 Å². The van der Waals surface area contributed by atoms with Crippen molar-refractivity contribution in [3.05, 3.63) is 69.1 Å². The number of pyridine rings is 1. The molecule has 1 saturated carbocycles. The number of carbonyl (C=O) groups excluding carboxylic acids is 2. The normalized spacial score (nSPS) is 20.0. The van der Waals surface area contributed by atoms with Crippen molar-refractivity contribution in [2.45, 2.75) is 44.9 Å². The molecule has 0 saturated heterocycles. The zero-order valence-corrected chi connectivity index (χ0v) is 18.1. The van der Waals surface area contributed by atoms with E-state index in [9.17, 15) is 19.5 Å². The molecule has 1 fully saturated rings. The number of aryl methyl sites for hydroxylation is 2. The van der Waals surface area contributed by atoms with Gasteiger partial charge in [-0.2, -0.15) is 0 Å². The standard InChI is InChI=1S/C24H29N3O4/c1-25(2)23(30)21-20-9-11-26(22(29)17-12-19(28)13-17)14-18(20)15-27(24(21)31)10-8-16-6-4-3-5-7-16/h3-7,15,17,19,28H,8-14H2,1-2H3. The Bertz CT molecular complexity index is 1040. The van der Waals surface area contributed by atoms with Crippen LogP contribution in [0.4, 0.5) is 0 Å². The highest BCUT2D eigenvalue weighted by Gasteiger charge is 2.37. The predicted octanol–water partition coefficient (Wildman–Crippen LogP) is 1.45. The molecular formula is C24H29N3O4. The van der Waals surface area contributed by atoms with Crippen LogP contribution >= 0.6 is 0 Å². The third-order valence-corrected chi connectivity index (χ3v) is 6.35. The maximum Gasteiger partial charge on any atom is 0.263 e. The highest BCUT2D eigenvalue weighted by atomic mass is 16.3. The molecule has 4 rings (SSSR count). The van der Waals surface area contributed by atoms with Crippen LogP contribution in [0.3, 0.4) is 0 Å². The number of aromatic nitrogens is 1. The Hall–Kier alpha value is -2.93. The van der Waals surface area contributed by atoms with Crippen LogP contribution in [0.1, 0.15) is 39.9 Å². The van der Waals surface area contributed by atoms with Gasteiger partial charge in [0, 0.05) is 45.8 Å². The monoisotopic (exact) mass is 423 g/mol. The van der Waals surface area contributed by atoms with E-state index in [1.807, 2.05) is 36.5 Å². The molecule has 2 aliphatic rings. The van der Waals surface area contributed by atoms with Crippen molar-refractivity contribution in [1.82, 2.24) is 14.4 Å². The largest absolute Gasteiger partial charge is 0.393 e. The maximum atomic E-state index is 13.2. The summed E-state index contributed by atoms with van der Waals surface area (Å²) in [7, 11) is 3.30. The molecule has 0 unspecified atom stereocenters. The summed E-state index contributed by atoms with van der Waals surface area (Å²) in [5.74, 6) is -0.362. The molecule has 7 heteroatoms. The highest BCUT2D eigenvalue weighted by molar-refractivity contribution is 5.95. The van der Waals surface area contributed by atoms with Gasteiger partial charge in [-0.1, -0.05) is 30.3 Å². The summed E-state index contributed by atoms with van der Waals surface area (Å²) < 4.78 is 1.61. The van der Waals surface area contributed by atoms with Gasteiger partial charge in [0.05, 0.1) is 6.10 Å². The predicted molar refractivity (Wildman–Crippen MR) is 117 cm³/mol. The minimum Gasteiger partial charge on any atom is -0.393 e. The lowest BCUT2D eigenvalue weighted by molar-refractivity contribution is -0.143. The molecule has 1 aliphatic carbocycles. The van der Waals surface area contributed by atoms with Gasteiger partial charge in [0.25, 0.3) is 11.5 Å². The molecule has 0 spiro atoms. The first kappa shape index (κ1) is 21.3. The molecule has 0 bridgehead atoms. The number of amides is 2. The van der Waals surface area contributed by atoms with E-state index < -0.39 is 0 Å². The van der Waals surface area contributed by atoms with Gasteiger partial charge in [0.15, 0.2) is 0 Å². The number of aliphatic hydroxyl groups excluding tert-OH is 1. The number of carbonyl (C=O) groups is 2. The zero-order chi connectivity index (χ0) is 22.1. The average Bonchev–Trinajstić information content (AvgIpc) is 2.75. The van der Waals surface area contributed by atoms with Gasteiger partial charge < -0.3 is 19.5 Å². The van der Waals surface area contributed by atoms with Gasteiger partial charge in [-0.25, -0.2) is 0 Å². The van der Waals surface area contributed by atoms with E-state index in [1.165, 1.54) is 4.90 Å². The number of hydrogen-bond acceptors (Lipinski definition) is 4. The van der Waals surface area contributed by atoms with E-state index in [1.54, 1.807) is 23.6 Å². The van der Waals surface area contributed by atoms with Gasteiger partial charge in [-0.15, -0.1) is 0 Å². The van der Waals surface area contributed by atoms with Gasteiger partial charge >= 0.3 is 0 Å². The number of aliphatic hydroxyl groups is 1. The lowest BCUT2D eigenvalue weighted by Crippen LogP contribution is -2.46. The topological polar surface area (TPSA) is 82.9 Å². The summed E-state index contributed by atoms with van der Waals surface area (Å²) in [6, 6.07) is 9.92. The number of benzene rings is 1. The quantitative estimate of drug-likeness (QED) is 0.789. The number of rotatable bonds is 5. The van der Waals surface area contributed by atoms with Crippen molar-refractivity contribution in [3.8, 4) is 0 Å². The van der Waals surface area contributed by atoms with Crippen molar-refractivity contribution in [2.75, 3.05) is 20.6 Å². The van der Waals surface area contributed by atoms with E-state index >= 15 is 0 Å². The van der Waals surface area contributed by atoms with Crippen molar-refractivity contribution < 1.29 is 14.7 Å². The molecule has 31 heavy (non-hydrogen) atoms. The first-order valence-electron chi connectivity index (χ1n) is 10.8. The smallest absolute Gasteiger partial charge is 0.263 e. The molecule has 1 aromatic heterocycles. The van der Waals surface area contributed by atoms with Crippen LogP contribution in [0.5, 0.6) is 0 Å². The molecule has 2 aromatic rings. The molecule has 1 aromatic carbocycles. The van der Waals surface area contributed by atoms with E-state index in [0.29, 0.717) is 45.3 Å². The number of fused-ring (bicyclic) bond motifs is 1. The Morgan fingerprint density at radius 3 is 2.52 bits per heavy atom. The lowest BCUT2D eigenvalue weighted by Gasteiger charge is -2.37. The number of hydrogen-bond donors (Lipinski definition) is 1. The maximum absolute atomic E-state index is 13.2. The van der Waals surface area contributed by atoms with Crippen molar-refractivity contribution in [2.24, 2.45) is 5.92 Å². The molecule has 0 radical (unpaired) electrons. The molecule has 164 valence electrons. The molecule has 1 aliphatic heterocycles. The van der Waals surface area contributed by atoms with Crippen LogP contribution in [-0.4, -0.2) is 58.0 Å². The average molecular weight is 424 g/mol. The Kier molecular flexibility index (Phi) is 5.96. The SMILES string of the molecule is CN(C)C(=O)c1c2c(cn(CCc3ccccc3)c1=O)CN(C(=O)C1CC(O)C1)CC2. The molecule has 2 amide bonds. The van der Waals surface area contributed by atoms with Gasteiger partial charge in [0.2, 0.25) is 5.91 Å². The third kappa shape index (κ3) is 4.28. The second kappa shape index (κ2) is 8.67. The van der Waals surface area contributed by atoms with E-state index in [4.69, 9.17) is 0 Å². The van der Waals surface area contributed by atoms with Gasteiger partial charge in [0.1, 0.15) is 5.56 Å². The Morgan fingerprint density at radius 1 is 1.16 bits per heavy atom. The second-order valence-electron chi connectivity index (χ2n) is 8.77. The summed E-state index contributed by atoms with van der Waals surface area (Å²) in [6.07, 6.45) is 3.64. The van der Waals surface area contributed by atoms with Gasteiger partial charge in [-0.05, 0) is 42.4 Å². The van der Waals surface area contributed by atoms with Crippen molar-refractivity contribution >= 4 is 11.8 Å².